The number of benzene rings is 1. The van der Waals surface area contributed by atoms with Gasteiger partial charge in [0.05, 0.1) is 11.4 Å². The third-order valence-electron chi connectivity index (χ3n) is 3.63. The van der Waals surface area contributed by atoms with Crippen LogP contribution in [0.25, 0.3) is 5.69 Å². The van der Waals surface area contributed by atoms with Crippen molar-refractivity contribution in [3.8, 4) is 5.69 Å². The van der Waals surface area contributed by atoms with Gasteiger partial charge in [0.25, 0.3) is 0 Å². The maximum atomic E-state index is 6.03. The molecule has 0 aliphatic heterocycles. The molecule has 1 heterocycles. The van der Waals surface area contributed by atoms with Crippen molar-refractivity contribution in [2.24, 2.45) is 0 Å². The SMILES string of the molecule is Cc1ccc(N)c(-n2nnnc2C2CCCC2)c1. The molecule has 5 nitrogen and oxygen atoms in total. The molecule has 0 atom stereocenters. The van der Waals surface area contributed by atoms with Crippen molar-refractivity contribution >= 4 is 5.69 Å². The Kier molecular flexibility index (Phi) is 2.74. The summed E-state index contributed by atoms with van der Waals surface area (Å²) in [6.07, 6.45) is 4.87. The summed E-state index contributed by atoms with van der Waals surface area (Å²) in [6, 6.07) is 5.94. The molecule has 0 saturated heterocycles. The van der Waals surface area contributed by atoms with Crippen molar-refractivity contribution in [2.45, 2.75) is 38.5 Å². The molecule has 0 radical (unpaired) electrons. The quantitative estimate of drug-likeness (QED) is 0.821. The minimum absolute atomic E-state index is 0.472. The van der Waals surface area contributed by atoms with Crippen molar-refractivity contribution in [3.05, 3.63) is 29.6 Å². The van der Waals surface area contributed by atoms with E-state index >= 15 is 0 Å². The zero-order valence-electron chi connectivity index (χ0n) is 10.5. The van der Waals surface area contributed by atoms with Gasteiger partial charge in [-0.2, -0.15) is 4.68 Å². The lowest BCUT2D eigenvalue weighted by atomic mass is 10.1. The number of tetrazole rings is 1. The smallest absolute Gasteiger partial charge is 0.159 e. The van der Waals surface area contributed by atoms with Crippen molar-refractivity contribution in [3.63, 3.8) is 0 Å². The van der Waals surface area contributed by atoms with Gasteiger partial charge >= 0.3 is 0 Å². The van der Waals surface area contributed by atoms with Gasteiger partial charge in [0, 0.05) is 5.92 Å². The average molecular weight is 243 g/mol. The van der Waals surface area contributed by atoms with E-state index in [1.54, 1.807) is 4.68 Å². The normalized spacial score (nSPS) is 16.3. The molecule has 1 aliphatic carbocycles. The zero-order valence-corrected chi connectivity index (χ0v) is 10.5. The van der Waals surface area contributed by atoms with Crippen LogP contribution in [0.4, 0.5) is 5.69 Å². The lowest BCUT2D eigenvalue weighted by Gasteiger charge is -2.11. The summed E-state index contributed by atoms with van der Waals surface area (Å²) in [5.74, 6) is 1.42. The molecule has 0 unspecified atom stereocenters. The molecule has 0 amide bonds. The van der Waals surface area contributed by atoms with E-state index in [0.717, 1.165) is 17.1 Å². The van der Waals surface area contributed by atoms with Gasteiger partial charge in [-0.3, -0.25) is 0 Å². The predicted octanol–water partition coefficient (Wildman–Crippen LogP) is 2.21. The van der Waals surface area contributed by atoms with Gasteiger partial charge in [-0.1, -0.05) is 18.9 Å². The molecule has 1 fully saturated rings. The largest absolute Gasteiger partial charge is 0.397 e. The highest BCUT2D eigenvalue weighted by molar-refractivity contribution is 5.58. The topological polar surface area (TPSA) is 69.6 Å². The summed E-state index contributed by atoms with van der Waals surface area (Å²) in [5.41, 5.74) is 8.80. The van der Waals surface area contributed by atoms with E-state index in [0.29, 0.717) is 11.6 Å². The number of nitrogen functional groups attached to an aromatic ring is 1. The first kappa shape index (κ1) is 11.2. The minimum Gasteiger partial charge on any atom is -0.397 e. The maximum Gasteiger partial charge on any atom is 0.159 e. The second kappa shape index (κ2) is 4.40. The number of nitrogens with zero attached hydrogens (tertiary/aromatic N) is 4. The lowest BCUT2D eigenvalue weighted by molar-refractivity contribution is 0.636. The van der Waals surface area contributed by atoms with Crippen LogP contribution in [0.5, 0.6) is 0 Å². The monoisotopic (exact) mass is 243 g/mol. The summed E-state index contributed by atoms with van der Waals surface area (Å²) in [5, 5.41) is 12.1. The van der Waals surface area contributed by atoms with E-state index in [1.165, 1.54) is 25.7 Å². The van der Waals surface area contributed by atoms with Gasteiger partial charge in [0.15, 0.2) is 5.82 Å². The fraction of sp³-hybridized carbons (Fsp3) is 0.462. The zero-order chi connectivity index (χ0) is 12.5. The minimum atomic E-state index is 0.472. The fourth-order valence-corrected chi connectivity index (χ4v) is 2.64. The van der Waals surface area contributed by atoms with E-state index in [9.17, 15) is 0 Å². The van der Waals surface area contributed by atoms with Crippen molar-refractivity contribution in [1.29, 1.82) is 0 Å². The molecular formula is C13H17N5. The number of rotatable bonds is 2. The number of anilines is 1. The highest BCUT2D eigenvalue weighted by atomic mass is 15.5. The first-order valence-electron chi connectivity index (χ1n) is 6.40. The first-order chi connectivity index (χ1) is 8.75. The Morgan fingerprint density at radius 1 is 1.28 bits per heavy atom. The summed E-state index contributed by atoms with van der Waals surface area (Å²) >= 11 is 0. The molecule has 1 saturated carbocycles. The van der Waals surface area contributed by atoms with Crippen molar-refractivity contribution < 1.29 is 0 Å². The molecule has 1 aromatic carbocycles. The van der Waals surface area contributed by atoms with Crippen LogP contribution in [0, 0.1) is 6.92 Å². The van der Waals surface area contributed by atoms with Gasteiger partial charge in [-0.25, -0.2) is 0 Å². The van der Waals surface area contributed by atoms with E-state index in [4.69, 9.17) is 5.73 Å². The average Bonchev–Trinajstić information content (AvgIpc) is 3.00. The van der Waals surface area contributed by atoms with Crippen LogP contribution >= 0.6 is 0 Å². The number of aromatic nitrogens is 4. The van der Waals surface area contributed by atoms with Gasteiger partial charge < -0.3 is 5.73 Å². The summed E-state index contributed by atoms with van der Waals surface area (Å²) in [6.45, 7) is 2.04. The fourth-order valence-electron chi connectivity index (χ4n) is 2.64. The Bertz CT molecular complexity index is 554. The Balaban J connectivity index is 2.06. The molecule has 5 heteroatoms. The van der Waals surface area contributed by atoms with Crippen LogP contribution in [-0.2, 0) is 0 Å². The molecule has 3 rings (SSSR count). The van der Waals surface area contributed by atoms with Gasteiger partial charge in [0.2, 0.25) is 0 Å². The Labute approximate surface area is 106 Å². The van der Waals surface area contributed by atoms with E-state index in [-0.39, 0.29) is 0 Å². The summed E-state index contributed by atoms with van der Waals surface area (Å²) in [4.78, 5) is 0. The molecule has 0 bridgehead atoms. The molecule has 0 spiro atoms. The van der Waals surface area contributed by atoms with Gasteiger partial charge in [-0.15, -0.1) is 5.10 Å². The van der Waals surface area contributed by atoms with Crippen LogP contribution < -0.4 is 5.73 Å². The third kappa shape index (κ3) is 1.85. The Morgan fingerprint density at radius 2 is 2.06 bits per heavy atom. The number of aryl methyl sites for hydroxylation is 1. The summed E-state index contributed by atoms with van der Waals surface area (Å²) < 4.78 is 1.80. The van der Waals surface area contributed by atoms with Gasteiger partial charge in [0.1, 0.15) is 0 Å². The van der Waals surface area contributed by atoms with Crippen LogP contribution in [0.3, 0.4) is 0 Å². The molecule has 18 heavy (non-hydrogen) atoms. The number of hydrogen-bond acceptors (Lipinski definition) is 4. The van der Waals surface area contributed by atoms with Crippen molar-refractivity contribution in [2.75, 3.05) is 5.73 Å². The van der Waals surface area contributed by atoms with Crippen molar-refractivity contribution in [1.82, 2.24) is 20.2 Å². The standard InChI is InChI=1S/C13H17N5/c1-9-6-7-11(14)12(8-9)18-13(15-16-17-18)10-4-2-3-5-10/h6-8,10H,2-5,14H2,1H3. The van der Waals surface area contributed by atoms with E-state index in [2.05, 4.69) is 15.5 Å². The number of hydrogen-bond donors (Lipinski definition) is 1. The highest BCUT2D eigenvalue weighted by Gasteiger charge is 2.24. The highest BCUT2D eigenvalue weighted by Crippen LogP contribution is 2.34. The van der Waals surface area contributed by atoms with Gasteiger partial charge in [-0.05, 0) is 47.9 Å². The first-order valence-corrected chi connectivity index (χ1v) is 6.40. The maximum absolute atomic E-state index is 6.03. The molecule has 94 valence electrons. The molecule has 2 N–H and O–H groups in total. The predicted molar refractivity (Wildman–Crippen MR) is 69.5 cm³/mol. The van der Waals surface area contributed by atoms with Crippen LogP contribution in [0.2, 0.25) is 0 Å². The molecular weight excluding hydrogens is 226 g/mol. The number of nitrogens with two attached hydrogens (primary N) is 1. The third-order valence-corrected chi connectivity index (χ3v) is 3.63. The summed E-state index contributed by atoms with van der Waals surface area (Å²) in [7, 11) is 0. The van der Waals surface area contributed by atoms with Crippen LogP contribution in [-0.4, -0.2) is 20.2 Å². The van der Waals surface area contributed by atoms with Crippen LogP contribution in [0.1, 0.15) is 43.0 Å². The molecule has 2 aromatic rings. The van der Waals surface area contributed by atoms with Crippen LogP contribution in [0.15, 0.2) is 18.2 Å². The molecule has 1 aromatic heterocycles. The Hall–Kier alpha value is -1.91. The second-order valence-corrected chi connectivity index (χ2v) is 4.99. The second-order valence-electron chi connectivity index (χ2n) is 4.99. The lowest BCUT2D eigenvalue weighted by Crippen LogP contribution is -2.09. The van der Waals surface area contributed by atoms with E-state index < -0.39 is 0 Å². The molecule has 1 aliphatic rings. The Morgan fingerprint density at radius 3 is 2.83 bits per heavy atom. The van der Waals surface area contributed by atoms with E-state index in [1.807, 2.05) is 25.1 Å².